The summed E-state index contributed by atoms with van der Waals surface area (Å²) in [6.45, 7) is 32.9. The molecule has 6 rings (SSSR count). The summed E-state index contributed by atoms with van der Waals surface area (Å²) in [7, 11) is -2.90. The van der Waals surface area contributed by atoms with Gasteiger partial charge in [-0.25, -0.2) is 45.1 Å². The Bertz CT molecular complexity index is 1370. The van der Waals surface area contributed by atoms with Gasteiger partial charge in [-0.3, -0.25) is 24.3 Å². The Morgan fingerprint density at radius 3 is 0.661 bits per heavy atom. The molecule has 306 valence electrons. The zero-order chi connectivity index (χ0) is 39.3. The van der Waals surface area contributed by atoms with Crippen molar-refractivity contribution in [3.63, 3.8) is 0 Å². The Morgan fingerprint density at radius 2 is 0.571 bits per heavy atom. The molecule has 2 aromatic carbocycles. The molecule has 0 spiro atoms. The van der Waals surface area contributed by atoms with Crippen molar-refractivity contribution in [1.29, 1.82) is 0 Å². The van der Waals surface area contributed by atoms with Gasteiger partial charge in [0.15, 0.2) is 0 Å². The molecule has 0 N–H and O–H groups in total. The molecule has 0 fully saturated rings. The van der Waals surface area contributed by atoms with E-state index in [-0.39, 0.29) is 76.5 Å². The average Bonchev–Trinajstić information content (AvgIpc) is 3.93. The first-order valence-corrected chi connectivity index (χ1v) is 36.5. The van der Waals surface area contributed by atoms with E-state index < -0.39 is 32.3 Å². The van der Waals surface area contributed by atoms with Crippen LogP contribution in [0.5, 0.6) is 0 Å². The van der Waals surface area contributed by atoms with Crippen LogP contribution in [0.25, 0.3) is 0 Å². The molecule has 0 saturated carbocycles. The Kier molecular flexibility index (Phi) is 36.6. The van der Waals surface area contributed by atoms with Crippen LogP contribution in [0, 0.1) is 24.3 Å². The molecule has 10 heteroatoms. The smallest absolute Gasteiger partial charge is 0.0635 e. The van der Waals surface area contributed by atoms with Crippen LogP contribution in [-0.4, -0.2) is 51.3 Å². The van der Waals surface area contributed by atoms with Gasteiger partial charge in [0.05, 0.1) is 19.0 Å². The largest absolute Gasteiger partial charge is 1.00 e. The monoisotopic (exact) mass is 1220 g/mol. The first kappa shape index (κ1) is 62.6. The van der Waals surface area contributed by atoms with Crippen LogP contribution in [0.1, 0.15) is 25.7 Å². The molecule has 0 saturated heterocycles. The number of rotatable bonds is 6. The molecule has 0 aliphatic heterocycles. The normalized spacial score (nSPS) is 14.4. The fourth-order valence-electron chi connectivity index (χ4n) is 4.97. The van der Waals surface area contributed by atoms with Crippen molar-refractivity contribution in [1.82, 2.24) is 0 Å². The van der Waals surface area contributed by atoms with Crippen LogP contribution in [-0.2, 0) is 51.7 Å². The maximum atomic E-state index is 3.20. The third-order valence-corrected chi connectivity index (χ3v) is 18.9. The number of hydrogen-bond donors (Lipinski definition) is 0. The van der Waals surface area contributed by atoms with Crippen molar-refractivity contribution in [2.45, 2.75) is 117 Å². The number of halogens is 2. The molecule has 0 bridgehead atoms. The third kappa shape index (κ3) is 29.2. The first-order chi connectivity index (χ1) is 24.3. The van der Waals surface area contributed by atoms with Crippen LogP contribution >= 0.6 is 0 Å². The van der Waals surface area contributed by atoms with E-state index in [2.05, 4.69) is 225 Å². The van der Waals surface area contributed by atoms with E-state index in [0.29, 0.717) is 19.0 Å². The molecular formula is C46H70Cl2Hf2Si6-6. The zero-order valence-corrected chi connectivity index (χ0v) is 52.1. The SMILES string of the molecule is C[SiH]c1ccccc1.C[SiH]c1ccccc1.C[Si](C)(C)C1=CC[C-]=C1.C[Si](C)(C)C1=CC[C-]=C1.C[Si](C)(C)C1=CC[C-]=C1.C[Si](C)(C)C1=CC[C-]=C1.[Cl-].[Cl-].[Hf].[Hf]. The van der Waals surface area contributed by atoms with Gasteiger partial charge < -0.3 is 24.8 Å². The van der Waals surface area contributed by atoms with Gasteiger partial charge in [0.2, 0.25) is 0 Å². The van der Waals surface area contributed by atoms with Gasteiger partial charge >= 0.3 is 0 Å². The molecule has 0 amide bonds. The van der Waals surface area contributed by atoms with Crippen LogP contribution in [0.3, 0.4) is 0 Å². The molecule has 2 radical (unpaired) electrons. The molecule has 0 nitrogen and oxygen atoms in total. The van der Waals surface area contributed by atoms with Crippen molar-refractivity contribution in [3.8, 4) is 0 Å². The van der Waals surface area contributed by atoms with E-state index in [1.165, 1.54) is 10.4 Å². The molecule has 2 aromatic rings. The third-order valence-electron chi connectivity index (χ3n) is 8.52. The summed E-state index contributed by atoms with van der Waals surface area (Å²) in [6, 6.07) is 21.2. The second kappa shape index (κ2) is 32.7. The van der Waals surface area contributed by atoms with E-state index in [1.54, 1.807) is 20.8 Å². The summed E-state index contributed by atoms with van der Waals surface area (Å²) in [4.78, 5) is 0. The summed E-state index contributed by atoms with van der Waals surface area (Å²) in [5.41, 5.74) is 0. The van der Waals surface area contributed by atoms with Crippen LogP contribution < -0.4 is 35.2 Å². The predicted octanol–water partition coefficient (Wildman–Crippen LogP) is 5.81. The minimum Gasteiger partial charge on any atom is -1.00 e. The van der Waals surface area contributed by atoms with Crippen LogP contribution in [0.4, 0.5) is 0 Å². The van der Waals surface area contributed by atoms with E-state index in [9.17, 15) is 0 Å². The van der Waals surface area contributed by atoms with Gasteiger partial charge in [-0.2, -0.15) is 24.3 Å². The van der Waals surface area contributed by atoms with Gasteiger partial charge in [0.25, 0.3) is 0 Å². The van der Waals surface area contributed by atoms with Crippen molar-refractivity contribution in [3.05, 3.63) is 154 Å². The number of allylic oxidation sites excluding steroid dienone is 16. The van der Waals surface area contributed by atoms with Crippen LogP contribution in [0.15, 0.2) is 130 Å². The Hall–Kier alpha value is -0.0184. The minimum absolute atomic E-state index is 0. The standard InChI is InChI=1S/4C8H13Si.2C7H9Si.2ClH.2Hf/c4*1-9(2,3)8-6-4-5-7-8;2*1-8-7-5-3-2-4-6-7;;;;/h4*6-7H,4H2,1-3H3;2*2-6,8H,1H3;2*1H;;/q4*-1;;;;;;/p-2. The van der Waals surface area contributed by atoms with E-state index in [0.717, 1.165) is 25.7 Å². The van der Waals surface area contributed by atoms with E-state index in [4.69, 9.17) is 0 Å². The summed E-state index contributed by atoms with van der Waals surface area (Å²) in [6.07, 6.45) is 34.8. The molecular weight excluding hydrogens is 1150 g/mol. The first-order valence-electron chi connectivity index (χ1n) is 19.1. The maximum Gasteiger partial charge on any atom is 0.0635 e. The Balaban J connectivity index is -0.000000286. The van der Waals surface area contributed by atoms with Gasteiger partial charge in [0.1, 0.15) is 0 Å². The molecule has 0 unspecified atom stereocenters. The Morgan fingerprint density at radius 1 is 0.375 bits per heavy atom. The predicted molar refractivity (Wildman–Crippen MR) is 254 cm³/mol. The minimum atomic E-state index is -0.981. The van der Waals surface area contributed by atoms with Gasteiger partial charge in [-0.1, -0.05) is 163 Å². The fourth-order valence-corrected chi connectivity index (χ4v) is 11.2. The summed E-state index contributed by atoms with van der Waals surface area (Å²) in [5.74, 6) is 0. The number of benzene rings is 2. The van der Waals surface area contributed by atoms with E-state index in [1.807, 2.05) is 0 Å². The summed E-state index contributed by atoms with van der Waals surface area (Å²) in [5, 5.41) is 9.22. The van der Waals surface area contributed by atoms with E-state index >= 15 is 0 Å². The molecule has 0 atom stereocenters. The van der Waals surface area contributed by atoms with Crippen molar-refractivity contribution in [2.24, 2.45) is 0 Å². The molecule has 0 heterocycles. The van der Waals surface area contributed by atoms with Crippen LogP contribution in [0.2, 0.25) is 91.7 Å². The zero-order valence-electron chi connectivity index (χ0n) is 37.1. The second-order valence-corrected chi connectivity index (χ2v) is 40.0. The van der Waals surface area contributed by atoms with Gasteiger partial charge in [-0.05, 0) is 32.3 Å². The second-order valence-electron chi connectivity index (χ2n) is 17.2. The molecule has 0 aromatic heterocycles. The molecule has 4 aliphatic carbocycles. The molecule has 4 aliphatic rings. The van der Waals surface area contributed by atoms with Crippen molar-refractivity contribution < 1.29 is 76.5 Å². The van der Waals surface area contributed by atoms with Gasteiger partial charge in [0, 0.05) is 51.7 Å². The van der Waals surface area contributed by atoms with Gasteiger partial charge in [-0.15, -0.1) is 25.7 Å². The van der Waals surface area contributed by atoms with Crippen molar-refractivity contribution >= 4 is 61.7 Å². The van der Waals surface area contributed by atoms with Crippen molar-refractivity contribution in [2.75, 3.05) is 0 Å². The number of hydrogen-bond acceptors (Lipinski definition) is 0. The topological polar surface area (TPSA) is 0 Å². The quantitative estimate of drug-likeness (QED) is 0.254. The summed E-state index contributed by atoms with van der Waals surface area (Å²) >= 11 is 0. The maximum absolute atomic E-state index is 3.20. The summed E-state index contributed by atoms with van der Waals surface area (Å²) < 4.78 is 0. The average molecular weight is 1220 g/mol. The molecule has 56 heavy (non-hydrogen) atoms. The fraction of sp³-hybridized carbons (Fsp3) is 0.391. The Labute approximate surface area is 405 Å².